The van der Waals surface area contributed by atoms with Gasteiger partial charge in [0, 0.05) is 44.6 Å². The van der Waals surface area contributed by atoms with Crippen molar-refractivity contribution in [3.63, 3.8) is 0 Å². The summed E-state index contributed by atoms with van der Waals surface area (Å²) >= 11 is 3.62. The van der Waals surface area contributed by atoms with Gasteiger partial charge in [0.25, 0.3) is 0 Å². The largest absolute Gasteiger partial charge is 0.300 e. The van der Waals surface area contributed by atoms with Crippen LogP contribution in [0.2, 0.25) is 0 Å². The Kier molecular flexibility index (Phi) is 6.35. The average Bonchev–Trinajstić information content (AvgIpc) is 2.47. The zero-order valence-electron chi connectivity index (χ0n) is 11.9. The van der Waals surface area contributed by atoms with Crippen molar-refractivity contribution in [1.82, 2.24) is 9.80 Å². The highest BCUT2D eigenvalue weighted by atomic mass is 79.9. The molecule has 1 aliphatic rings. The second-order valence-corrected chi connectivity index (χ2v) is 6.14. The lowest BCUT2D eigenvalue weighted by molar-refractivity contribution is 0.115. The van der Waals surface area contributed by atoms with Crippen molar-refractivity contribution >= 4 is 15.9 Å². The van der Waals surface area contributed by atoms with Crippen LogP contribution < -0.4 is 0 Å². The highest BCUT2D eigenvalue weighted by Crippen LogP contribution is 2.13. The zero-order valence-corrected chi connectivity index (χ0v) is 13.5. The van der Waals surface area contributed by atoms with E-state index in [1.807, 2.05) is 0 Å². The van der Waals surface area contributed by atoms with E-state index in [1.165, 1.54) is 44.7 Å². The number of piperazine rings is 1. The lowest BCUT2D eigenvalue weighted by Gasteiger charge is -2.36. The Morgan fingerprint density at radius 1 is 1.05 bits per heavy atom. The summed E-state index contributed by atoms with van der Waals surface area (Å²) in [6.07, 6.45) is 1.27. The fourth-order valence-corrected chi connectivity index (χ4v) is 3.29. The van der Waals surface area contributed by atoms with Gasteiger partial charge in [0.05, 0.1) is 0 Å². The Hall–Kier alpha value is -0.380. The molecular weight excluding hydrogens is 300 g/mol. The maximum absolute atomic E-state index is 3.62. The molecule has 1 heterocycles. The van der Waals surface area contributed by atoms with Gasteiger partial charge in [-0.3, -0.25) is 4.90 Å². The summed E-state index contributed by atoms with van der Waals surface area (Å²) in [5.41, 5.74) is 1.43. The predicted octanol–water partition coefficient (Wildman–Crippen LogP) is 3.23. The maximum atomic E-state index is 3.62. The SMILES string of the molecule is CCC(CBr)CN1CCN(Cc2ccccc2)CC1. The molecule has 1 saturated heterocycles. The standard InChI is InChI=1S/C16H25BrN2/c1-2-15(12-17)13-18-8-10-19(11-9-18)14-16-6-4-3-5-7-16/h3-7,15H,2,8-14H2,1H3. The van der Waals surface area contributed by atoms with Crippen LogP contribution in [0.3, 0.4) is 0 Å². The summed E-state index contributed by atoms with van der Waals surface area (Å²) in [6, 6.07) is 10.8. The van der Waals surface area contributed by atoms with E-state index >= 15 is 0 Å². The topological polar surface area (TPSA) is 6.48 Å². The fraction of sp³-hybridized carbons (Fsp3) is 0.625. The van der Waals surface area contributed by atoms with E-state index in [-0.39, 0.29) is 0 Å². The molecule has 2 nitrogen and oxygen atoms in total. The molecule has 1 aromatic rings. The molecule has 3 heteroatoms. The van der Waals surface area contributed by atoms with Crippen LogP contribution in [-0.2, 0) is 6.54 Å². The Balaban J connectivity index is 1.73. The van der Waals surface area contributed by atoms with Gasteiger partial charge in [-0.1, -0.05) is 59.6 Å². The van der Waals surface area contributed by atoms with E-state index in [9.17, 15) is 0 Å². The number of rotatable bonds is 6. The number of hydrogen-bond acceptors (Lipinski definition) is 2. The van der Waals surface area contributed by atoms with Crippen LogP contribution in [-0.4, -0.2) is 47.9 Å². The smallest absolute Gasteiger partial charge is 0.0234 e. The Morgan fingerprint density at radius 2 is 1.68 bits per heavy atom. The molecule has 0 spiro atoms. The molecular formula is C16H25BrN2. The van der Waals surface area contributed by atoms with Crippen molar-refractivity contribution < 1.29 is 0 Å². The molecule has 1 fully saturated rings. The minimum atomic E-state index is 0.806. The number of hydrogen-bond donors (Lipinski definition) is 0. The highest BCUT2D eigenvalue weighted by Gasteiger charge is 2.18. The normalized spacial score (nSPS) is 19.5. The van der Waals surface area contributed by atoms with Gasteiger partial charge in [0.2, 0.25) is 0 Å². The summed E-state index contributed by atoms with van der Waals surface area (Å²) in [4.78, 5) is 5.19. The van der Waals surface area contributed by atoms with Crippen molar-refractivity contribution in [3.8, 4) is 0 Å². The van der Waals surface area contributed by atoms with Gasteiger partial charge in [-0.2, -0.15) is 0 Å². The monoisotopic (exact) mass is 324 g/mol. The Bertz CT molecular complexity index is 343. The first-order valence-corrected chi connectivity index (χ1v) is 8.48. The summed E-state index contributed by atoms with van der Waals surface area (Å²) in [5, 5.41) is 1.13. The third-order valence-electron chi connectivity index (χ3n) is 4.03. The van der Waals surface area contributed by atoms with Crippen LogP contribution in [0, 0.1) is 5.92 Å². The van der Waals surface area contributed by atoms with E-state index in [2.05, 4.69) is 63.0 Å². The second-order valence-electron chi connectivity index (χ2n) is 5.49. The first kappa shape index (κ1) is 15.0. The maximum Gasteiger partial charge on any atom is 0.0234 e. The zero-order chi connectivity index (χ0) is 13.5. The number of alkyl halides is 1. The molecule has 1 unspecified atom stereocenters. The van der Waals surface area contributed by atoms with Gasteiger partial charge in [0.1, 0.15) is 0 Å². The fourth-order valence-electron chi connectivity index (χ4n) is 2.62. The van der Waals surface area contributed by atoms with Crippen LogP contribution in [0.4, 0.5) is 0 Å². The molecule has 0 bridgehead atoms. The van der Waals surface area contributed by atoms with Gasteiger partial charge in [-0.15, -0.1) is 0 Å². The number of benzene rings is 1. The summed E-state index contributed by atoms with van der Waals surface area (Å²) in [7, 11) is 0. The molecule has 1 atom stereocenters. The first-order valence-electron chi connectivity index (χ1n) is 7.36. The van der Waals surface area contributed by atoms with Crippen LogP contribution >= 0.6 is 15.9 Å². The molecule has 19 heavy (non-hydrogen) atoms. The second kappa shape index (κ2) is 8.03. The van der Waals surface area contributed by atoms with Crippen molar-refractivity contribution in [2.75, 3.05) is 38.1 Å². The average molecular weight is 325 g/mol. The van der Waals surface area contributed by atoms with Crippen LogP contribution in [0.15, 0.2) is 30.3 Å². The van der Waals surface area contributed by atoms with Crippen molar-refractivity contribution in [1.29, 1.82) is 0 Å². The van der Waals surface area contributed by atoms with E-state index < -0.39 is 0 Å². The number of nitrogens with zero attached hydrogens (tertiary/aromatic N) is 2. The minimum Gasteiger partial charge on any atom is -0.300 e. The predicted molar refractivity (Wildman–Crippen MR) is 85.7 cm³/mol. The summed E-state index contributed by atoms with van der Waals surface area (Å²) in [6.45, 7) is 9.48. The number of halogens is 1. The van der Waals surface area contributed by atoms with Crippen molar-refractivity contribution in [2.45, 2.75) is 19.9 Å². The van der Waals surface area contributed by atoms with Gasteiger partial charge in [-0.05, 0) is 11.5 Å². The van der Waals surface area contributed by atoms with Gasteiger partial charge in [-0.25, -0.2) is 0 Å². The molecule has 0 aromatic heterocycles. The minimum absolute atomic E-state index is 0.806. The van der Waals surface area contributed by atoms with Gasteiger partial charge in [0.15, 0.2) is 0 Å². The molecule has 0 amide bonds. The summed E-state index contributed by atoms with van der Waals surface area (Å²) in [5.74, 6) is 0.806. The quantitative estimate of drug-likeness (QED) is 0.741. The third-order valence-corrected chi connectivity index (χ3v) is 4.94. The van der Waals surface area contributed by atoms with E-state index in [0.717, 1.165) is 17.8 Å². The third kappa shape index (κ3) is 4.90. The van der Waals surface area contributed by atoms with Crippen molar-refractivity contribution in [2.24, 2.45) is 5.92 Å². The molecule has 2 rings (SSSR count). The Morgan fingerprint density at radius 3 is 2.26 bits per heavy atom. The molecule has 0 saturated carbocycles. The van der Waals surface area contributed by atoms with Crippen molar-refractivity contribution in [3.05, 3.63) is 35.9 Å². The lowest BCUT2D eigenvalue weighted by Crippen LogP contribution is -2.47. The lowest BCUT2D eigenvalue weighted by atomic mass is 10.1. The molecule has 0 N–H and O–H groups in total. The van der Waals surface area contributed by atoms with E-state index in [0.29, 0.717) is 0 Å². The van der Waals surface area contributed by atoms with Crippen LogP contribution in [0.5, 0.6) is 0 Å². The molecule has 106 valence electrons. The first-order chi connectivity index (χ1) is 9.31. The highest BCUT2D eigenvalue weighted by molar-refractivity contribution is 9.09. The van der Waals surface area contributed by atoms with E-state index in [1.54, 1.807) is 0 Å². The van der Waals surface area contributed by atoms with Crippen LogP contribution in [0.25, 0.3) is 0 Å². The molecule has 0 aliphatic carbocycles. The molecule has 1 aliphatic heterocycles. The molecule has 1 aromatic carbocycles. The van der Waals surface area contributed by atoms with E-state index in [4.69, 9.17) is 0 Å². The van der Waals surface area contributed by atoms with Gasteiger partial charge >= 0.3 is 0 Å². The van der Waals surface area contributed by atoms with Gasteiger partial charge < -0.3 is 4.90 Å². The Labute approximate surface area is 125 Å². The van der Waals surface area contributed by atoms with Crippen LogP contribution in [0.1, 0.15) is 18.9 Å². The summed E-state index contributed by atoms with van der Waals surface area (Å²) < 4.78 is 0. The molecule has 0 radical (unpaired) electrons.